The fraction of sp³-hybridized carbons (Fsp3) is 0.238. The monoisotopic (exact) mass is 350 g/mol. The van der Waals surface area contributed by atoms with E-state index in [0.717, 1.165) is 28.1 Å². The minimum atomic E-state index is -0.150. The van der Waals surface area contributed by atoms with Crippen molar-refractivity contribution in [2.24, 2.45) is 0 Å². The van der Waals surface area contributed by atoms with Gasteiger partial charge in [0.2, 0.25) is 0 Å². The Labute approximate surface area is 152 Å². The highest BCUT2D eigenvalue weighted by Gasteiger charge is 2.17. The first-order valence-electron chi connectivity index (χ1n) is 8.64. The number of amides is 1. The first-order valence-corrected chi connectivity index (χ1v) is 8.64. The fourth-order valence-electron chi connectivity index (χ4n) is 2.87. The highest BCUT2D eigenvalue weighted by molar-refractivity contribution is 5.95. The molecule has 5 heteroatoms. The average Bonchev–Trinajstić information content (AvgIpc) is 3.04. The van der Waals surface area contributed by atoms with Crippen LogP contribution in [0.1, 0.15) is 29.5 Å². The van der Waals surface area contributed by atoms with Crippen LogP contribution >= 0.6 is 0 Å². The number of aryl methyl sites for hydroxylation is 1. The van der Waals surface area contributed by atoms with E-state index in [4.69, 9.17) is 9.63 Å². The molecule has 2 aromatic carbocycles. The summed E-state index contributed by atoms with van der Waals surface area (Å²) in [7, 11) is 0. The van der Waals surface area contributed by atoms with E-state index >= 15 is 0 Å². The van der Waals surface area contributed by atoms with Crippen molar-refractivity contribution in [3.63, 3.8) is 0 Å². The van der Waals surface area contributed by atoms with Gasteiger partial charge in [0.25, 0.3) is 5.91 Å². The molecule has 0 aliphatic heterocycles. The molecule has 0 fully saturated rings. The van der Waals surface area contributed by atoms with Crippen LogP contribution in [0.4, 0.5) is 0 Å². The van der Waals surface area contributed by atoms with Gasteiger partial charge < -0.3 is 14.9 Å². The largest absolute Gasteiger partial charge is 0.396 e. The summed E-state index contributed by atoms with van der Waals surface area (Å²) in [5.74, 6) is 0.584. The van der Waals surface area contributed by atoms with E-state index in [1.807, 2.05) is 56.3 Å². The van der Waals surface area contributed by atoms with Crippen molar-refractivity contribution in [1.29, 1.82) is 0 Å². The van der Waals surface area contributed by atoms with Crippen LogP contribution < -0.4 is 5.32 Å². The molecule has 1 unspecified atom stereocenters. The van der Waals surface area contributed by atoms with Gasteiger partial charge in [0.05, 0.1) is 5.56 Å². The third kappa shape index (κ3) is 3.83. The quantitative estimate of drug-likeness (QED) is 0.709. The van der Waals surface area contributed by atoms with Crippen LogP contribution in [0.3, 0.4) is 0 Å². The predicted octanol–water partition coefficient (Wildman–Crippen LogP) is 3.82. The Balaban J connectivity index is 1.86. The summed E-state index contributed by atoms with van der Waals surface area (Å²) in [6, 6.07) is 17.2. The smallest absolute Gasteiger partial charge is 0.251 e. The predicted molar refractivity (Wildman–Crippen MR) is 101 cm³/mol. The molecular weight excluding hydrogens is 328 g/mol. The number of carbonyl (C=O) groups excluding carboxylic acids is 1. The molecule has 0 saturated heterocycles. The lowest BCUT2D eigenvalue weighted by Gasteiger charge is -2.12. The molecule has 0 radical (unpaired) electrons. The molecule has 134 valence electrons. The van der Waals surface area contributed by atoms with Crippen LogP contribution in [-0.2, 0) is 0 Å². The molecule has 0 aliphatic rings. The molecule has 0 aliphatic carbocycles. The maximum Gasteiger partial charge on any atom is 0.251 e. The van der Waals surface area contributed by atoms with Crippen LogP contribution in [0.2, 0.25) is 0 Å². The van der Waals surface area contributed by atoms with Gasteiger partial charge in [0.1, 0.15) is 11.5 Å². The van der Waals surface area contributed by atoms with E-state index in [-0.39, 0.29) is 18.6 Å². The van der Waals surface area contributed by atoms with Gasteiger partial charge in [-0.05, 0) is 38.0 Å². The number of aliphatic hydroxyl groups excluding tert-OH is 1. The van der Waals surface area contributed by atoms with E-state index in [1.54, 1.807) is 12.1 Å². The molecule has 1 atom stereocenters. The first kappa shape index (κ1) is 17.9. The number of hydrogen-bond donors (Lipinski definition) is 2. The zero-order valence-electron chi connectivity index (χ0n) is 14.9. The summed E-state index contributed by atoms with van der Waals surface area (Å²) in [4.78, 5) is 12.3. The zero-order chi connectivity index (χ0) is 18.5. The number of hydrogen-bond acceptors (Lipinski definition) is 4. The molecule has 2 N–H and O–H groups in total. The second kappa shape index (κ2) is 7.97. The van der Waals surface area contributed by atoms with Crippen molar-refractivity contribution in [2.45, 2.75) is 26.3 Å². The molecule has 1 heterocycles. The molecule has 0 saturated carbocycles. The number of benzene rings is 2. The summed E-state index contributed by atoms with van der Waals surface area (Å²) in [5, 5.41) is 16.0. The van der Waals surface area contributed by atoms with Gasteiger partial charge in [-0.15, -0.1) is 0 Å². The van der Waals surface area contributed by atoms with Crippen molar-refractivity contribution >= 4 is 5.91 Å². The minimum absolute atomic E-state index is 0.0510. The molecule has 1 amide bonds. The molecule has 5 nitrogen and oxygen atoms in total. The molecule has 0 spiro atoms. The Morgan fingerprint density at radius 3 is 2.46 bits per heavy atom. The summed E-state index contributed by atoms with van der Waals surface area (Å²) >= 11 is 0. The summed E-state index contributed by atoms with van der Waals surface area (Å²) < 4.78 is 5.41. The van der Waals surface area contributed by atoms with Crippen molar-refractivity contribution < 1.29 is 14.4 Å². The van der Waals surface area contributed by atoms with Crippen LogP contribution in [0.25, 0.3) is 22.4 Å². The number of nitrogens with zero attached hydrogens (tertiary/aromatic N) is 1. The second-order valence-electron chi connectivity index (χ2n) is 6.29. The van der Waals surface area contributed by atoms with Crippen LogP contribution in [0.15, 0.2) is 59.1 Å². The maximum atomic E-state index is 12.3. The molecule has 3 rings (SSSR count). The third-order valence-electron chi connectivity index (χ3n) is 4.29. The van der Waals surface area contributed by atoms with Crippen LogP contribution in [-0.4, -0.2) is 28.8 Å². The van der Waals surface area contributed by atoms with Gasteiger partial charge >= 0.3 is 0 Å². The van der Waals surface area contributed by atoms with Crippen molar-refractivity contribution in [3.8, 4) is 22.4 Å². The lowest BCUT2D eigenvalue weighted by atomic mass is 9.98. The molecule has 0 bridgehead atoms. The Bertz CT molecular complexity index is 870. The van der Waals surface area contributed by atoms with Gasteiger partial charge in [-0.25, -0.2) is 0 Å². The van der Waals surface area contributed by atoms with Crippen molar-refractivity contribution in [1.82, 2.24) is 10.5 Å². The molecule has 26 heavy (non-hydrogen) atoms. The SMILES string of the molecule is Cc1onc(-c2ccccc2)c1-c1ccc(C(=O)NC(C)CCO)cc1. The average molecular weight is 350 g/mol. The van der Waals surface area contributed by atoms with Gasteiger partial charge in [-0.1, -0.05) is 47.6 Å². The van der Waals surface area contributed by atoms with Crippen LogP contribution in [0.5, 0.6) is 0 Å². The Hall–Kier alpha value is -2.92. The summed E-state index contributed by atoms with van der Waals surface area (Å²) in [6.07, 6.45) is 0.532. The third-order valence-corrected chi connectivity index (χ3v) is 4.29. The van der Waals surface area contributed by atoms with Gasteiger partial charge in [0.15, 0.2) is 0 Å². The summed E-state index contributed by atoms with van der Waals surface area (Å²) in [5.41, 5.74) is 4.23. The Kier molecular flexibility index (Phi) is 5.49. The second-order valence-corrected chi connectivity index (χ2v) is 6.29. The normalized spacial score (nSPS) is 12.0. The lowest BCUT2D eigenvalue weighted by molar-refractivity contribution is 0.0934. The fourth-order valence-corrected chi connectivity index (χ4v) is 2.87. The first-order chi connectivity index (χ1) is 12.6. The van der Waals surface area contributed by atoms with E-state index in [1.165, 1.54) is 0 Å². The topological polar surface area (TPSA) is 75.4 Å². The minimum Gasteiger partial charge on any atom is -0.396 e. The number of carbonyl (C=O) groups is 1. The highest BCUT2D eigenvalue weighted by atomic mass is 16.5. The number of aliphatic hydroxyl groups is 1. The van der Waals surface area contributed by atoms with E-state index in [2.05, 4.69) is 10.5 Å². The van der Waals surface area contributed by atoms with Crippen LogP contribution in [0, 0.1) is 6.92 Å². The maximum absolute atomic E-state index is 12.3. The summed E-state index contributed by atoms with van der Waals surface area (Å²) in [6.45, 7) is 3.80. The van der Waals surface area contributed by atoms with E-state index in [9.17, 15) is 4.79 Å². The lowest BCUT2D eigenvalue weighted by Crippen LogP contribution is -2.33. The van der Waals surface area contributed by atoms with Gasteiger partial charge in [-0.3, -0.25) is 4.79 Å². The highest BCUT2D eigenvalue weighted by Crippen LogP contribution is 2.34. The Morgan fingerprint density at radius 1 is 1.12 bits per heavy atom. The Morgan fingerprint density at radius 2 is 1.81 bits per heavy atom. The molecule has 3 aromatic rings. The van der Waals surface area contributed by atoms with E-state index in [0.29, 0.717) is 12.0 Å². The number of nitrogens with one attached hydrogen (secondary N) is 1. The standard InChI is InChI=1S/C21H22N2O3/c1-14(12-13-24)22-21(25)18-10-8-16(9-11-18)19-15(2)26-23-20(19)17-6-4-3-5-7-17/h3-11,14,24H,12-13H2,1-2H3,(H,22,25). The number of rotatable bonds is 6. The van der Waals surface area contributed by atoms with Gasteiger partial charge in [-0.2, -0.15) is 0 Å². The zero-order valence-corrected chi connectivity index (χ0v) is 14.9. The van der Waals surface area contributed by atoms with Crippen molar-refractivity contribution in [3.05, 3.63) is 65.9 Å². The van der Waals surface area contributed by atoms with Gasteiger partial charge in [0, 0.05) is 23.8 Å². The molecular formula is C21H22N2O3. The van der Waals surface area contributed by atoms with Crippen molar-refractivity contribution in [2.75, 3.05) is 6.61 Å². The number of aromatic nitrogens is 1. The van der Waals surface area contributed by atoms with E-state index < -0.39 is 0 Å². The molecule has 1 aromatic heterocycles.